The molecule has 0 aromatic carbocycles. The lowest BCUT2D eigenvalue weighted by Gasteiger charge is -2.33. The Kier molecular flexibility index (Phi) is 4.98. The second-order valence-corrected chi connectivity index (χ2v) is 5.66. The maximum Gasteiger partial charge on any atom is 0.0130 e. The van der Waals surface area contributed by atoms with Crippen LogP contribution in [0.25, 0.3) is 0 Å². The first kappa shape index (κ1) is 13.0. The van der Waals surface area contributed by atoms with Crippen molar-refractivity contribution in [2.75, 3.05) is 0 Å². The van der Waals surface area contributed by atoms with E-state index in [9.17, 15) is 0 Å². The molecule has 0 bridgehead atoms. The standard InChI is InChI=1S/C12H27N/c1-9(2)8-12(6,7)13-11(5)10(3)4/h9-11,13H,8H2,1-7H3/t11-/m0/s1. The molecule has 0 aliphatic rings. The smallest absolute Gasteiger partial charge is 0.0130 e. The lowest BCUT2D eigenvalue weighted by molar-refractivity contribution is 0.260. The number of hydrogen-bond donors (Lipinski definition) is 1. The van der Waals surface area contributed by atoms with Crippen LogP contribution in [0.3, 0.4) is 0 Å². The van der Waals surface area contributed by atoms with Gasteiger partial charge in [0.25, 0.3) is 0 Å². The molecule has 13 heavy (non-hydrogen) atoms. The normalized spacial score (nSPS) is 15.5. The highest BCUT2D eigenvalue weighted by molar-refractivity contribution is 4.82. The zero-order chi connectivity index (χ0) is 10.6. The molecule has 1 nitrogen and oxygen atoms in total. The molecule has 0 saturated carbocycles. The third-order valence-electron chi connectivity index (χ3n) is 2.54. The fraction of sp³-hybridized carbons (Fsp3) is 1.00. The average molecular weight is 185 g/mol. The lowest BCUT2D eigenvalue weighted by Crippen LogP contribution is -2.47. The van der Waals surface area contributed by atoms with Crippen LogP contribution in [0.2, 0.25) is 0 Å². The van der Waals surface area contributed by atoms with Gasteiger partial charge in [-0.25, -0.2) is 0 Å². The molecule has 1 atom stereocenters. The molecule has 1 heteroatoms. The van der Waals surface area contributed by atoms with Gasteiger partial charge >= 0.3 is 0 Å². The van der Waals surface area contributed by atoms with Gasteiger partial charge in [-0.2, -0.15) is 0 Å². The Balaban J connectivity index is 4.00. The highest BCUT2D eigenvalue weighted by atomic mass is 15.0. The zero-order valence-electron chi connectivity index (χ0n) is 10.4. The van der Waals surface area contributed by atoms with Crippen molar-refractivity contribution in [3.05, 3.63) is 0 Å². The van der Waals surface area contributed by atoms with Crippen LogP contribution in [-0.2, 0) is 0 Å². The number of hydrogen-bond acceptors (Lipinski definition) is 1. The van der Waals surface area contributed by atoms with Crippen LogP contribution in [0.15, 0.2) is 0 Å². The molecule has 0 aliphatic heterocycles. The molecular formula is C12H27N. The van der Waals surface area contributed by atoms with E-state index in [1.165, 1.54) is 6.42 Å². The second-order valence-electron chi connectivity index (χ2n) is 5.66. The minimum absolute atomic E-state index is 0.276. The molecule has 0 unspecified atom stereocenters. The largest absolute Gasteiger partial charge is 0.309 e. The Morgan fingerprint density at radius 3 is 1.77 bits per heavy atom. The van der Waals surface area contributed by atoms with Gasteiger partial charge in [-0.1, -0.05) is 27.7 Å². The monoisotopic (exact) mass is 185 g/mol. The van der Waals surface area contributed by atoms with Crippen LogP contribution < -0.4 is 5.32 Å². The van der Waals surface area contributed by atoms with E-state index in [2.05, 4.69) is 53.8 Å². The minimum Gasteiger partial charge on any atom is -0.309 e. The van der Waals surface area contributed by atoms with Gasteiger partial charge in [0, 0.05) is 11.6 Å². The molecule has 0 spiro atoms. The summed E-state index contributed by atoms with van der Waals surface area (Å²) in [5.74, 6) is 1.48. The summed E-state index contributed by atoms with van der Waals surface area (Å²) >= 11 is 0. The van der Waals surface area contributed by atoms with Crippen LogP contribution in [-0.4, -0.2) is 11.6 Å². The molecule has 80 valence electrons. The molecule has 0 aromatic heterocycles. The molecule has 0 radical (unpaired) electrons. The van der Waals surface area contributed by atoms with Crippen molar-refractivity contribution in [1.82, 2.24) is 5.32 Å². The van der Waals surface area contributed by atoms with Crippen molar-refractivity contribution in [3.63, 3.8) is 0 Å². The molecule has 0 rings (SSSR count). The van der Waals surface area contributed by atoms with E-state index in [4.69, 9.17) is 0 Å². The summed E-state index contributed by atoms with van der Waals surface area (Å²) in [7, 11) is 0. The van der Waals surface area contributed by atoms with Gasteiger partial charge in [0.05, 0.1) is 0 Å². The molecule has 0 aromatic rings. The summed E-state index contributed by atoms with van der Waals surface area (Å²) in [6.07, 6.45) is 1.24. The summed E-state index contributed by atoms with van der Waals surface area (Å²) in [5, 5.41) is 3.69. The van der Waals surface area contributed by atoms with E-state index < -0.39 is 0 Å². The third-order valence-corrected chi connectivity index (χ3v) is 2.54. The first-order valence-electron chi connectivity index (χ1n) is 5.52. The van der Waals surface area contributed by atoms with E-state index in [1.807, 2.05) is 0 Å². The minimum atomic E-state index is 0.276. The predicted octanol–water partition coefficient (Wildman–Crippen LogP) is 3.45. The Morgan fingerprint density at radius 1 is 1.00 bits per heavy atom. The highest BCUT2D eigenvalue weighted by Gasteiger charge is 2.22. The van der Waals surface area contributed by atoms with Crippen molar-refractivity contribution in [3.8, 4) is 0 Å². The van der Waals surface area contributed by atoms with Gasteiger partial charge in [0.2, 0.25) is 0 Å². The second kappa shape index (κ2) is 4.99. The maximum atomic E-state index is 3.69. The van der Waals surface area contributed by atoms with E-state index in [1.54, 1.807) is 0 Å². The summed E-state index contributed by atoms with van der Waals surface area (Å²) in [5.41, 5.74) is 0.276. The Morgan fingerprint density at radius 2 is 1.46 bits per heavy atom. The first-order chi connectivity index (χ1) is 5.74. The quantitative estimate of drug-likeness (QED) is 0.692. The fourth-order valence-corrected chi connectivity index (χ4v) is 1.86. The van der Waals surface area contributed by atoms with Crippen LogP contribution in [0.1, 0.15) is 54.9 Å². The predicted molar refractivity (Wildman–Crippen MR) is 61.0 cm³/mol. The molecule has 0 aliphatic carbocycles. The Hall–Kier alpha value is -0.0400. The molecule has 0 saturated heterocycles. The van der Waals surface area contributed by atoms with Gasteiger partial charge in [0.1, 0.15) is 0 Å². The molecule has 0 heterocycles. The summed E-state index contributed by atoms with van der Waals surface area (Å²) < 4.78 is 0. The van der Waals surface area contributed by atoms with Crippen molar-refractivity contribution >= 4 is 0 Å². The first-order valence-corrected chi connectivity index (χ1v) is 5.52. The van der Waals surface area contributed by atoms with Crippen molar-refractivity contribution in [1.29, 1.82) is 0 Å². The Labute approximate surface area is 84.3 Å². The van der Waals surface area contributed by atoms with E-state index in [0.717, 1.165) is 5.92 Å². The Bertz CT molecular complexity index is 136. The number of nitrogens with one attached hydrogen (secondary N) is 1. The third kappa shape index (κ3) is 6.09. The number of rotatable bonds is 5. The summed E-state index contributed by atoms with van der Waals surface area (Å²) in [4.78, 5) is 0. The molecule has 0 amide bonds. The summed E-state index contributed by atoms with van der Waals surface area (Å²) in [6.45, 7) is 16.0. The molecule has 1 N–H and O–H groups in total. The van der Waals surface area contributed by atoms with Gasteiger partial charge in [0.15, 0.2) is 0 Å². The van der Waals surface area contributed by atoms with E-state index in [0.29, 0.717) is 12.0 Å². The van der Waals surface area contributed by atoms with Crippen LogP contribution in [0.5, 0.6) is 0 Å². The van der Waals surface area contributed by atoms with Crippen LogP contribution in [0.4, 0.5) is 0 Å². The van der Waals surface area contributed by atoms with Crippen LogP contribution in [0, 0.1) is 11.8 Å². The van der Waals surface area contributed by atoms with Gasteiger partial charge in [-0.3, -0.25) is 0 Å². The van der Waals surface area contributed by atoms with Gasteiger partial charge in [-0.05, 0) is 39.0 Å². The topological polar surface area (TPSA) is 12.0 Å². The summed E-state index contributed by atoms with van der Waals surface area (Å²) in [6, 6.07) is 0.605. The maximum absolute atomic E-state index is 3.69. The fourth-order valence-electron chi connectivity index (χ4n) is 1.86. The van der Waals surface area contributed by atoms with Crippen molar-refractivity contribution in [2.24, 2.45) is 11.8 Å². The van der Waals surface area contributed by atoms with Crippen LogP contribution >= 0.6 is 0 Å². The van der Waals surface area contributed by atoms with E-state index >= 15 is 0 Å². The van der Waals surface area contributed by atoms with Crippen molar-refractivity contribution in [2.45, 2.75) is 66.5 Å². The average Bonchev–Trinajstić information content (AvgIpc) is 1.81. The molecule has 0 fully saturated rings. The van der Waals surface area contributed by atoms with Crippen molar-refractivity contribution < 1.29 is 0 Å². The lowest BCUT2D eigenvalue weighted by atomic mass is 9.90. The SMILES string of the molecule is CC(C)CC(C)(C)N[C@@H](C)C(C)C. The molecular weight excluding hydrogens is 158 g/mol. The van der Waals surface area contributed by atoms with Gasteiger partial charge in [-0.15, -0.1) is 0 Å². The van der Waals surface area contributed by atoms with E-state index in [-0.39, 0.29) is 5.54 Å². The highest BCUT2D eigenvalue weighted by Crippen LogP contribution is 2.17. The van der Waals surface area contributed by atoms with Gasteiger partial charge < -0.3 is 5.32 Å². The zero-order valence-corrected chi connectivity index (χ0v) is 10.4.